The first-order chi connectivity index (χ1) is 21.2. The zero-order valence-corrected chi connectivity index (χ0v) is 38.0. The third-order valence-corrected chi connectivity index (χ3v) is 10.6. The van der Waals surface area contributed by atoms with E-state index in [2.05, 4.69) is 45.2 Å². The normalized spacial score (nSPS) is 12.8. The summed E-state index contributed by atoms with van der Waals surface area (Å²) in [5, 5.41) is 0. The maximum absolute atomic E-state index is 12.5. The Hall–Kier alpha value is 0.770. The molecule has 2 rings (SSSR count). The minimum Gasteiger partial charge on any atom is -0.756 e. The van der Waals surface area contributed by atoms with Crippen molar-refractivity contribution in [3.8, 4) is 11.5 Å². The van der Waals surface area contributed by atoms with Crippen molar-refractivity contribution in [2.24, 2.45) is 0 Å². The van der Waals surface area contributed by atoms with Crippen LogP contribution in [0.4, 0.5) is 0 Å². The third kappa shape index (κ3) is 16.7. The molecule has 0 radical (unpaired) electrons. The van der Waals surface area contributed by atoms with Gasteiger partial charge in [-0.2, -0.15) is 0 Å². The lowest BCUT2D eigenvalue weighted by Gasteiger charge is -2.29. The minimum atomic E-state index is -4.96. The molecule has 1 atom stereocenters. The van der Waals surface area contributed by atoms with E-state index in [1.54, 1.807) is 24.3 Å². The van der Waals surface area contributed by atoms with Crippen LogP contribution in [0.25, 0.3) is 0 Å². The monoisotopic (exact) mass is 1340 g/mol. The Morgan fingerprint density at radius 1 is 0.717 bits per heavy atom. The van der Waals surface area contributed by atoms with Crippen LogP contribution in [-0.2, 0) is 42.3 Å². The fourth-order valence-electron chi connectivity index (χ4n) is 3.01. The van der Waals surface area contributed by atoms with Gasteiger partial charge in [-0.3, -0.25) is 23.7 Å². The first kappa shape index (κ1) is 42.9. The van der Waals surface area contributed by atoms with Gasteiger partial charge in [0, 0.05) is 7.14 Å². The number of esters is 4. The van der Waals surface area contributed by atoms with Crippen molar-refractivity contribution in [3.05, 3.63) is 45.7 Å². The Balaban J connectivity index is 2.01. The van der Waals surface area contributed by atoms with E-state index in [0.717, 1.165) is 7.14 Å². The van der Waals surface area contributed by atoms with E-state index in [1.807, 2.05) is 112 Å². The van der Waals surface area contributed by atoms with Crippen LogP contribution in [0.5, 0.6) is 11.5 Å². The average Bonchev–Trinajstić information content (AvgIpc) is 2.88. The van der Waals surface area contributed by atoms with Gasteiger partial charge < -0.3 is 37.4 Å². The molecule has 0 N–H and O–H groups in total. The molecule has 2 aromatic carbocycles. The molecule has 0 fully saturated rings. The third-order valence-electron chi connectivity index (χ3n) is 5.09. The summed E-state index contributed by atoms with van der Waals surface area (Å²) < 4.78 is 48.1. The van der Waals surface area contributed by atoms with Crippen LogP contribution in [0.2, 0.25) is 0 Å². The van der Waals surface area contributed by atoms with Gasteiger partial charge in [-0.15, -0.1) is 0 Å². The fourth-order valence-corrected chi connectivity index (χ4v) is 11.5. The number of hydrogen-bond donors (Lipinski definition) is 0. The Kier molecular flexibility index (Phi) is 18.6. The van der Waals surface area contributed by atoms with Crippen molar-refractivity contribution in [3.63, 3.8) is 0 Å². The zero-order valence-electron chi connectivity index (χ0n) is 24.2. The van der Waals surface area contributed by atoms with Gasteiger partial charge in [0.15, 0.2) is 11.5 Å². The molecule has 0 bridgehead atoms. The highest BCUT2D eigenvalue weighted by molar-refractivity contribution is 14.1. The largest absolute Gasteiger partial charge is 0.756 e. The molecule has 0 saturated carbocycles. The molecule has 0 spiro atoms. The van der Waals surface area contributed by atoms with Gasteiger partial charge in [0.05, 0.1) is 35.4 Å². The number of likely N-dealkylation sites (N-methyl/N-ethyl adjacent to an activating group) is 1. The number of quaternary nitrogens is 1. The lowest BCUT2D eigenvalue weighted by molar-refractivity contribution is -0.870. The van der Waals surface area contributed by atoms with Crippen molar-refractivity contribution in [1.29, 1.82) is 0 Å². The quantitative estimate of drug-likeness (QED) is 0.0536. The number of ether oxygens (including phenoxy) is 4. The standard InChI is InChI=1S/C26H26I6NO12P/c1-33(2,3)4-5-42-46(38,39)45-16(12-40-21(34)10-23(36)43-25-17(29)6-14(27)7-18(25)30)13-41-22(35)11-24(37)44-26-19(31)8-15(28)9-20(26)32/h6-9,16H,4-5,10-13H2,1-3H3. The number of phosphoric ester groups is 1. The van der Waals surface area contributed by atoms with E-state index in [1.165, 1.54) is 0 Å². The van der Waals surface area contributed by atoms with E-state index >= 15 is 0 Å². The van der Waals surface area contributed by atoms with Crippen LogP contribution in [0.15, 0.2) is 24.3 Å². The van der Waals surface area contributed by atoms with Crippen molar-refractivity contribution in [2.75, 3.05) is 47.5 Å². The van der Waals surface area contributed by atoms with E-state index in [-0.39, 0.29) is 18.1 Å². The molecule has 0 amide bonds. The number of nitrogens with zero attached hydrogens (tertiary/aromatic N) is 1. The molecule has 2 aromatic rings. The number of benzene rings is 2. The minimum absolute atomic E-state index is 0.208. The van der Waals surface area contributed by atoms with Gasteiger partial charge in [0.2, 0.25) is 0 Å². The summed E-state index contributed by atoms with van der Waals surface area (Å²) in [5.74, 6) is -3.32. The van der Waals surface area contributed by atoms with E-state index in [4.69, 9.17) is 28.0 Å². The number of halogens is 6. The van der Waals surface area contributed by atoms with Crippen molar-refractivity contribution < 1.29 is 61.1 Å². The van der Waals surface area contributed by atoms with Crippen LogP contribution < -0.4 is 14.4 Å². The summed E-state index contributed by atoms with van der Waals surface area (Å²) in [6.45, 7) is -1.34. The van der Waals surface area contributed by atoms with Gasteiger partial charge in [0.25, 0.3) is 7.82 Å². The predicted octanol–water partition coefficient (Wildman–Crippen LogP) is 5.27. The lowest BCUT2D eigenvalue weighted by Crippen LogP contribution is -2.38. The highest BCUT2D eigenvalue weighted by Crippen LogP contribution is 2.40. The first-order valence-electron chi connectivity index (χ1n) is 12.7. The maximum Gasteiger partial charge on any atom is 0.322 e. The Labute approximate surface area is 347 Å². The van der Waals surface area contributed by atoms with Gasteiger partial charge >= 0.3 is 23.9 Å². The number of hydrogen-bond acceptors (Lipinski definition) is 12. The molecular weight excluding hydrogens is 1310 g/mol. The Morgan fingerprint density at radius 3 is 1.43 bits per heavy atom. The van der Waals surface area contributed by atoms with Crippen molar-refractivity contribution in [1.82, 2.24) is 0 Å². The second-order valence-corrected chi connectivity index (χ2v) is 18.6. The summed E-state index contributed by atoms with van der Waals surface area (Å²) in [6.07, 6.45) is -3.13. The summed E-state index contributed by atoms with van der Waals surface area (Å²) in [4.78, 5) is 62.1. The fraction of sp³-hybridized carbons (Fsp3) is 0.385. The molecule has 20 heteroatoms. The second-order valence-electron chi connectivity index (χ2n) is 10.1. The number of carbonyl (C=O) groups is 4. The highest BCUT2D eigenvalue weighted by Gasteiger charge is 2.25. The lowest BCUT2D eigenvalue weighted by atomic mass is 10.3. The van der Waals surface area contributed by atoms with Crippen LogP contribution in [0.3, 0.4) is 0 Å². The topological polar surface area (TPSA) is 164 Å². The van der Waals surface area contributed by atoms with Crippen LogP contribution in [0, 0.1) is 21.4 Å². The smallest absolute Gasteiger partial charge is 0.322 e. The molecule has 0 aliphatic carbocycles. The average molecular weight is 1340 g/mol. The molecule has 0 saturated heterocycles. The maximum atomic E-state index is 12.5. The van der Waals surface area contributed by atoms with Crippen molar-refractivity contribution in [2.45, 2.75) is 18.9 Å². The molecule has 0 aliphatic rings. The van der Waals surface area contributed by atoms with E-state index in [0.29, 0.717) is 25.3 Å². The number of carbonyl (C=O) groups excluding carboxylic acids is 4. The molecular formula is C26H26I6NO12P. The van der Waals surface area contributed by atoms with Crippen molar-refractivity contribution >= 4 is 167 Å². The number of rotatable bonds is 16. The first-order valence-corrected chi connectivity index (χ1v) is 20.6. The Morgan fingerprint density at radius 2 is 1.09 bits per heavy atom. The summed E-state index contributed by atoms with van der Waals surface area (Å²) in [6, 6.07) is 7.17. The molecule has 0 aliphatic heterocycles. The second kappa shape index (κ2) is 20.0. The molecule has 254 valence electrons. The SMILES string of the molecule is C[N+](C)(C)CCOP(=O)([O-])OC(COC(=O)CC(=O)Oc1c(I)cc(I)cc1I)COC(=O)CC(=O)Oc1c(I)cc(I)cc1I. The molecule has 1 unspecified atom stereocenters. The van der Waals surface area contributed by atoms with Gasteiger partial charge in [0.1, 0.15) is 45.3 Å². The Bertz CT molecular complexity index is 1370. The van der Waals surface area contributed by atoms with Gasteiger partial charge in [-0.25, -0.2) is 0 Å². The van der Waals surface area contributed by atoms with Crippen LogP contribution in [-0.4, -0.2) is 82.0 Å². The molecule has 0 heterocycles. The highest BCUT2D eigenvalue weighted by atomic mass is 127. The molecule has 0 aromatic heterocycles. The van der Waals surface area contributed by atoms with Crippen LogP contribution >= 0.6 is 143 Å². The van der Waals surface area contributed by atoms with Crippen LogP contribution in [0.1, 0.15) is 12.8 Å². The van der Waals surface area contributed by atoms with E-state index in [9.17, 15) is 28.6 Å². The zero-order chi connectivity index (χ0) is 34.8. The summed E-state index contributed by atoms with van der Waals surface area (Å²) in [5.41, 5.74) is 0. The van der Waals surface area contributed by atoms with Gasteiger partial charge in [-0.05, 0) is 160 Å². The van der Waals surface area contributed by atoms with Gasteiger partial charge in [-0.1, -0.05) is 0 Å². The summed E-state index contributed by atoms with van der Waals surface area (Å²) >= 11 is 12.2. The molecule has 13 nitrogen and oxygen atoms in total. The summed E-state index contributed by atoms with van der Waals surface area (Å²) in [7, 11) is 0.533. The van der Waals surface area contributed by atoms with E-state index < -0.39 is 63.9 Å². The predicted molar refractivity (Wildman–Crippen MR) is 213 cm³/mol. The molecule has 46 heavy (non-hydrogen) atoms. The number of phosphoric acid groups is 1.